The third-order valence-corrected chi connectivity index (χ3v) is 5.95. The normalized spacial score (nSPS) is 11.1. The van der Waals surface area contributed by atoms with Crippen LogP contribution in [0.3, 0.4) is 0 Å². The van der Waals surface area contributed by atoms with Crippen molar-refractivity contribution in [3.8, 4) is 11.5 Å². The van der Waals surface area contributed by atoms with Crippen LogP contribution in [-0.2, 0) is 6.54 Å². The Bertz CT molecular complexity index is 1620. The van der Waals surface area contributed by atoms with Gasteiger partial charge in [-0.25, -0.2) is 9.78 Å². The number of nitrogens with two attached hydrogens (primary N) is 1. The van der Waals surface area contributed by atoms with Gasteiger partial charge in [-0.05, 0) is 55.0 Å². The second-order valence-electron chi connectivity index (χ2n) is 8.19. The Morgan fingerprint density at radius 1 is 1.08 bits per heavy atom. The van der Waals surface area contributed by atoms with Crippen molar-refractivity contribution in [3.05, 3.63) is 88.3 Å². The van der Waals surface area contributed by atoms with E-state index in [2.05, 4.69) is 5.32 Å². The van der Waals surface area contributed by atoms with Crippen molar-refractivity contribution < 1.29 is 18.7 Å². The van der Waals surface area contributed by atoms with Crippen molar-refractivity contribution in [1.82, 2.24) is 9.55 Å². The first-order valence-corrected chi connectivity index (χ1v) is 11.3. The molecular weight excluding hydrogens is 460 g/mol. The highest BCUT2D eigenvalue weighted by molar-refractivity contribution is 6.01. The Kier molecular flexibility index (Phi) is 6.03. The highest BCUT2D eigenvalue weighted by Gasteiger charge is 2.19. The van der Waals surface area contributed by atoms with E-state index in [-0.39, 0.29) is 5.56 Å². The fraction of sp³-hybridized carbons (Fsp3) is 0.148. The van der Waals surface area contributed by atoms with Crippen LogP contribution in [0, 0.1) is 6.92 Å². The van der Waals surface area contributed by atoms with Gasteiger partial charge in [-0.15, -0.1) is 0 Å². The number of carbonyl (C=O) groups is 1. The molecule has 0 aliphatic heterocycles. The minimum Gasteiger partial charge on any atom is -0.497 e. The van der Waals surface area contributed by atoms with Crippen LogP contribution in [-0.4, -0.2) is 29.2 Å². The summed E-state index contributed by atoms with van der Waals surface area (Å²) in [6.45, 7) is 2.53. The summed E-state index contributed by atoms with van der Waals surface area (Å²) < 4.78 is 18.6. The zero-order chi connectivity index (χ0) is 25.2. The predicted molar refractivity (Wildman–Crippen MR) is 137 cm³/mol. The molecule has 2 heterocycles. The minimum atomic E-state index is -0.825. The summed E-state index contributed by atoms with van der Waals surface area (Å²) in [7, 11) is 1.61. The van der Waals surface area contributed by atoms with E-state index in [9.17, 15) is 9.59 Å². The summed E-state index contributed by atoms with van der Waals surface area (Å²) in [4.78, 5) is 29.0. The largest absolute Gasteiger partial charge is 0.497 e. The van der Waals surface area contributed by atoms with Gasteiger partial charge in [0.1, 0.15) is 29.3 Å². The van der Waals surface area contributed by atoms with E-state index in [1.165, 1.54) is 0 Å². The number of benzene rings is 3. The second kappa shape index (κ2) is 9.46. The molecule has 9 nitrogen and oxygen atoms in total. The monoisotopic (exact) mass is 484 g/mol. The van der Waals surface area contributed by atoms with Crippen molar-refractivity contribution in [1.29, 1.82) is 0 Å². The molecule has 0 aliphatic carbocycles. The molecule has 0 atom stereocenters. The number of ether oxygens (including phenoxy) is 2. The molecule has 182 valence electrons. The molecule has 2 aromatic heterocycles. The second-order valence-corrected chi connectivity index (χ2v) is 8.19. The number of fused-ring (bicyclic) bond motifs is 2. The standard InChI is InChI=1S/C27H24N4O5/c1-16-20-14-21-22(15-23(20)36-26(33)24(16)25(28)32)31(12-13-35-19-6-4-3-5-7-19)27(30-21)29-17-8-10-18(34-2)11-9-17/h3-11,14-15H,12-13H2,1-2H3,(H2,28,32)(H,29,30). The Balaban J connectivity index is 1.59. The lowest BCUT2D eigenvalue weighted by Crippen LogP contribution is -2.22. The Labute approximate surface area is 206 Å². The molecule has 5 aromatic rings. The van der Waals surface area contributed by atoms with E-state index < -0.39 is 11.5 Å². The summed E-state index contributed by atoms with van der Waals surface area (Å²) in [5.74, 6) is 1.26. The van der Waals surface area contributed by atoms with E-state index >= 15 is 0 Å². The molecular formula is C27H24N4O5. The van der Waals surface area contributed by atoms with Gasteiger partial charge in [0.05, 0.1) is 24.7 Å². The predicted octanol–water partition coefficient (Wildman–Crippen LogP) is 4.38. The zero-order valence-electron chi connectivity index (χ0n) is 19.8. The van der Waals surface area contributed by atoms with Gasteiger partial charge < -0.3 is 29.5 Å². The highest BCUT2D eigenvalue weighted by Crippen LogP contribution is 2.29. The maximum atomic E-state index is 12.4. The number of amides is 1. The van der Waals surface area contributed by atoms with Crippen molar-refractivity contribution in [2.24, 2.45) is 5.73 Å². The van der Waals surface area contributed by atoms with E-state index in [1.807, 2.05) is 59.2 Å². The van der Waals surface area contributed by atoms with Gasteiger partial charge in [0.2, 0.25) is 5.95 Å². The van der Waals surface area contributed by atoms with Crippen LogP contribution >= 0.6 is 0 Å². The van der Waals surface area contributed by atoms with Gasteiger partial charge in [-0.3, -0.25) is 4.79 Å². The van der Waals surface area contributed by atoms with Gasteiger partial charge >= 0.3 is 5.63 Å². The zero-order valence-corrected chi connectivity index (χ0v) is 19.8. The molecule has 3 N–H and O–H groups in total. The number of rotatable bonds is 8. The molecule has 3 aromatic carbocycles. The van der Waals surface area contributed by atoms with E-state index in [0.29, 0.717) is 41.1 Å². The molecule has 5 rings (SSSR count). The number of hydrogen-bond donors (Lipinski definition) is 2. The number of imidazole rings is 1. The Morgan fingerprint density at radius 3 is 2.53 bits per heavy atom. The molecule has 36 heavy (non-hydrogen) atoms. The molecule has 0 saturated carbocycles. The van der Waals surface area contributed by atoms with Crippen LogP contribution in [0.1, 0.15) is 15.9 Å². The van der Waals surface area contributed by atoms with Crippen LogP contribution < -0.4 is 26.1 Å². The first-order chi connectivity index (χ1) is 17.4. The number of aromatic nitrogens is 2. The topological polar surface area (TPSA) is 122 Å². The Morgan fingerprint density at radius 2 is 1.83 bits per heavy atom. The number of primary amides is 1. The molecule has 1 amide bonds. The minimum absolute atomic E-state index is 0.158. The van der Waals surface area contributed by atoms with E-state index in [1.54, 1.807) is 26.2 Å². The number of methoxy groups -OCH3 is 1. The summed E-state index contributed by atoms with van der Waals surface area (Å²) in [5, 5.41) is 3.94. The fourth-order valence-corrected chi connectivity index (χ4v) is 4.15. The van der Waals surface area contributed by atoms with Gasteiger partial charge in [0.15, 0.2) is 0 Å². The molecule has 0 fully saturated rings. The summed E-state index contributed by atoms with van der Waals surface area (Å²) in [5.41, 5.74) is 7.51. The fourth-order valence-electron chi connectivity index (χ4n) is 4.15. The molecule has 0 spiro atoms. The highest BCUT2D eigenvalue weighted by atomic mass is 16.5. The van der Waals surface area contributed by atoms with Gasteiger partial charge in [-0.2, -0.15) is 0 Å². The first kappa shape index (κ1) is 23.0. The number of carbonyl (C=O) groups excluding carboxylic acids is 1. The van der Waals surface area contributed by atoms with Crippen LogP contribution in [0.25, 0.3) is 22.0 Å². The summed E-state index contributed by atoms with van der Waals surface area (Å²) in [6, 6.07) is 20.6. The molecule has 9 heteroatoms. The van der Waals surface area contributed by atoms with Gasteiger partial charge in [-0.1, -0.05) is 18.2 Å². The van der Waals surface area contributed by atoms with Crippen molar-refractivity contribution in [2.45, 2.75) is 13.5 Å². The first-order valence-electron chi connectivity index (χ1n) is 11.3. The lowest BCUT2D eigenvalue weighted by molar-refractivity contribution is 0.0996. The smallest absolute Gasteiger partial charge is 0.349 e. The van der Waals surface area contributed by atoms with Gasteiger partial charge in [0.25, 0.3) is 5.91 Å². The molecule has 0 aliphatic rings. The SMILES string of the molecule is COc1ccc(Nc2nc3cc4c(C)c(C(N)=O)c(=O)oc4cc3n2CCOc2ccccc2)cc1. The number of anilines is 2. The summed E-state index contributed by atoms with van der Waals surface area (Å²) in [6.07, 6.45) is 0. The van der Waals surface area contributed by atoms with Crippen molar-refractivity contribution in [2.75, 3.05) is 19.0 Å². The van der Waals surface area contributed by atoms with Crippen LogP contribution in [0.5, 0.6) is 11.5 Å². The van der Waals surface area contributed by atoms with Crippen LogP contribution in [0.15, 0.2) is 75.9 Å². The van der Waals surface area contributed by atoms with E-state index in [4.69, 9.17) is 24.6 Å². The average Bonchev–Trinajstić information content (AvgIpc) is 3.19. The maximum Gasteiger partial charge on any atom is 0.349 e. The Hall–Kier alpha value is -4.79. The van der Waals surface area contributed by atoms with Crippen LogP contribution in [0.2, 0.25) is 0 Å². The number of para-hydroxylation sites is 1. The number of aryl methyl sites for hydroxylation is 1. The quantitative estimate of drug-likeness (QED) is 0.313. The number of hydrogen-bond acceptors (Lipinski definition) is 7. The molecule has 0 unspecified atom stereocenters. The lowest BCUT2D eigenvalue weighted by Gasteiger charge is -2.12. The number of nitrogens with zero attached hydrogens (tertiary/aromatic N) is 2. The van der Waals surface area contributed by atoms with Crippen molar-refractivity contribution in [3.63, 3.8) is 0 Å². The molecule has 0 radical (unpaired) electrons. The summed E-state index contributed by atoms with van der Waals surface area (Å²) >= 11 is 0. The third-order valence-electron chi connectivity index (χ3n) is 5.95. The van der Waals surface area contributed by atoms with Gasteiger partial charge in [0, 0.05) is 17.1 Å². The lowest BCUT2D eigenvalue weighted by atomic mass is 10.1. The number of nitrogens with one attached hydrogen (secondary N) is 1. The average molecular weight is 485 g/mol. The van der Waals surface area contributed by atoms with Crippen LogP contribution in [0.4, 0.5) is 11.6 Å². The maximum absolute atomic E-state index is 12.4. The third kappa shape index (κ3) is 4.34. The molecule has 0 saturated heterocycles. The van der Waals surface area contributed by atoms with E-state index in [0.717, 1.165) is 22.7 Å². The van der Waals surface area contributed by atoms with Crippen molar-refractivity contribution >= 4 is 39.5 Å². The molecule has 0 bridgehead atoms.